The first-order valence-electron chi connectivity index (χ1n) is 12.3. The second-order valence-electron chi connectivity index (χ2n) is 10.4. The first kappa shape index (κ1) is 25.8. The van der Waals surface area contributed by atoms with Gasteiger partial charge in [-0.05, 0) is 72.6 Å². The van der Waals surface area contributed by atoms with Gasteiger partial charge in [0.1, 0.15) is 16.5 Å². The van der Waals surface area contributed by atoms with Crippen LogP contribution in [0.5, 0.6) is 0 Å². The number of para-hydroxylation sites is 1. The van der Waals surface area contributed by atoms with Crippen LogP contribution in [0, 0.1) is 11.3 Å². The molecule has 190 valence electrons. The number of benzene rings is 2. The molecule has 0 spiro atoms. The zero-order valence-corrected chi connectivity index (χ0v) is 23.3. The molecule has 37 heavy (non-hydrogen) atoms. The van der Waals surface area contributed by atoms with E-state index in [9.17, 15) is 4.79 Å². The van der Waals surface area contributed by atoms with Gasteiger partial charge in [-0.3, -0.25) is 4.79 Å². The van der Waals surface area contributed by atoms with Crippen LogP contribution < -0.4 is 5.32 Å². The van der Waals surface area contributed by atoms with Crippen LogP contribution in [0.15, 0.2) is 70.1 Å². The van der Waals surface area contributed by atoms with E-state index in [0.29, 0.717) is 38.0 Å². The summed E-state index contributed by atoms with van der Waals surface area (Å²) in [4.78, 5) is 19.5. The van der Waals surface area contributed by atoms with Gasteiger partial charge in [0, 0.05) is 16.1 Å². The highest BCUT2D eigenvalue weighted by atomic mass is 35.5. The molecule has 0 radical (unpaired) electrons. The van der Waals surface area contributed by atoms with E-state index in [1.165, 1.54) is 4.88 Å². The molecule has 0 unspecified atom stereocenters. The van der Waals surface area contributed by atoms with Crippen molar-refractivity contribution < 1.29 is 9.21 Å². The van der Waals surface area contributed by atoms with Crippen LogP contribution in [-0.4, -0.2) is 12.1 Å². The maximum atomic E-state index is 13.5. The number of nitrogens with zero attached hydrogens (tertiary/aromatic N) is 1. The number of rotatable bonds is 5. The summed E-state index contributed by atoms with van der Waals surface area (Å²) in [5.74, 6) is 1.61. The number of fused-ring (bicyclic) bond motifs is 1. The Morgan fingerprint density at radius 3 is 2.62 bits per heavy atom. The molecular formula is C30H28Cl2N2O2S. The fraction of sp³-hybridized carbons (Fsp3) is 0.267. The average Bonchev–Trinajstić information content (AvgIpc) is 3.48. The smallest absolute Gasteiger partial charge is 0.259 e. The Labute approximate surface area is 231 Å². The number of anilines is 1. The van der Waals surface area contributed by atoms with Crippen molar-refractivity contribution in [2.45, 2.75) is 40.0 Å². The fourth-order valence-electron chi connectivity index (χ4n) is 4.73. The Hall–Kier alpha value is -2.86. The minimum atomic E-state index is -0.129. The van der Waals surface area contributed by atoms with Crippen molar-refractivity contribution in [1.82, 2.24) is 0 Å². The average molecular weight is 552 g/mol. The number of thiophene rings is 1. The Morgan fingerprint density at radius 2 is 1.86 bits per heavy atom. The number of carbonyl (C=O) groups is 1. The van der Waals surface area contributed by atoms with Crippen LogP contribution in [0.4, 0.5) is 10.7 Å². The number of furan rings is 1. The summed E-state index contributed by atoms with van der Waals surface area (Å²) in [6.45, 7) is 6.87. The summed E-state index contributed by atoms with van der Waals surface area (Å²) < 4.78 is 6.00. The molecule has 4 nitrogen and oxygen atoms in total. The minimum absolute atomic E-state index is 0.129. The number of hydrogen-bond donors (Lipinski definition) is 1. The van der Waals surface area contributed by atoms with Crippen molar-refractivity contribution in [3.05, 3.63) is 92.5 Å². The van der Waals surface area contributed by atoms with E-state index in [1.807, 2.05) is 54.6 Å². The van der Waals surface area contributed by atoms with Gasteiger partial charge in [0.05, 0.1) is 21.8 Å². The summed E-state index contributed by atoms with van der Waals surface area (Å²) in [5, 5.41) is 4.67. The van der Waals surface area contributed by atoms with Gasteiger partial charge in [-0.2, -0.15) is 0 Å². The van der Waals surface area contributed by atoms with Crippen molar-refractivity contribution in [1.29, 1.82) is 0 Å². The molecule has 7 heteroatoms. The molecule has 0 fully saturated rings. The van der Waals surface area contributed by atoms with Crippen LogP contribution in [0.3, 0.4) is 0 Å². The zero-order valence-electron chi connectivity index (χ0n) is 21.0. The Bertz CT molecular complexity index is 1460. The number of hydrogen-bond acceptors (Lipinski definition) is 4. The third kappa shape index (κ3) is 5.54. The number of carbonyl (C=O) groups excluding carboxylic acids is 1. The number of amides is 1. The van der Waals surface area contributed by atoms with Gasteiger partial charge in [-0.15, -0.1) is 11.3 Å². The van der Waals surface area contributed by atoms with Crippen LogP contribution in [0.1, 0.15) is 53.8 Å². The molecule has 5 rings (SSSR count). The van der Waals surface area contributed by atoms with Gasteiger partial charge in [-0.1, -0.05) is 68.2 Å². The molecule has 1 amide bonds. The van der Waals surface area contributed by atoms with Gasteiger partial charge in [0.15, 0.2) is 0 Å². The van der Waals surface area contributed by atoms with Crippen LogP contribution in [0.2, 0.25) is 10.0 Å². The molecule has 0 bridgehead atoms. The lowest BCUT2D eigenvalue weighted by Gasteiger charge is -2.33. The van der Waals surface area contributed by atoms with E-state index in [-0.39, 0.29) is 11.3 Å². The van der Waals surface area contributed by atoms with Crippen LogP contribution >= 0.6 is 34.5 Å². The maximum Gasteiger partial charge on any atom is 0.259 e. The normalized spacial score (nSPS) is 15.6. The molecular weight excluding hydrogens is 523 g/mol. The van der Waals surface area contributed by atoms with E-state index < -0.39 is 0 Å². The second-order valence-corrected chi connectivity index (χ2v) is 12.2. The molecule has 4 aromatic rings. The van der Waals surface area contributed by atoms with Gasteiger partial charge >= 0.3 is 0 Å². The third-order valence-corrected chi connectivity index (χ3v) is 8.86. The third-order valence-electron chi connectivity index (χ3n) is 6.88. The Morgan fingerprint density at radius 1 is 1.08 bits per heavy atom. The molecule has 1 atom stereocenters. The van der Waals surface area contributed by atoms with E-state index in [2.05, 4.69) is 26.1 Å². The maximum absolute atomic E-state index is 13.5. The SMILES string of the molecule is CC(C)(C)[C@@H]1CCc2c(sc(N=Cc3ccc(-c4cccc(Cl)c4Cl)o3)c2C(=O)Nc2ccccc2)C1. The topological polar surface area (TPSA) is 54.6 Å². The van der Waals surface area contributed by atoms with E-state index in [0.717, 1.165) is 36.1 Å². The second kappa shape index (κ2) is 10.5. The minimum Gasteiger partial charge on any atom is -0.455 e. The summed E-state index contributed by atoms with van der Waals surface area (Å²) >= 11 is 14.1. The molecule has 2 heterocycles. The first-order chi connectivity index (χ1) is 17.7. The highest BCUT2D eigenvalue weighted by Crippen LogP contribution is 2.45. The van der Waals surface area contributed by atoms with Crippen molar-refractivity contribution in [3.8, 4) is 11.3 Å². The van der Waals surface area contributed by atoms with Crippen molar-refractivity contribution >= 4 is 57.3 Å². The summed E-state index contributed by atoms with van der Waals surface area (Å²) in [6, 6.07) is 18.6. The molecule has 2 aromatic carbocycles. The Balaban J connectivity index is 1.48. The van der Waals surface area contributed by atoms with E-state index >= 15 is 0 Å². The molecule has 1 aliphatic carbocycles. The van der Waals surface area contributed by atoms with Crippen molar-refractivity contribution in [3.63, 3.8) is 0 Å². The van der Waals surface area contributed by atoms with Gasteiger partial charge < -0.3 is 9.73 Å². The van der Waals surface area contributed by atoms with Crippen LogP contribution in [-0.2, 0) is 12.8 Å². The lowest BCUT2D eigenvalue weighted by molar-refractivity contribution is 0.102. The summed E-state index contributed by atoms with van der Waals surface area (Å²) in [7, 11) is 0. The summed E-state index contributed by atoms with van der Waals surface area (Å²) in [6.07, 6.45) is 4.56. The lowest BCUT2D eigenvalue weighted by atomic mass is 9.72. The first-order valence-corrected chi connectivity index (χ1v) is 13.9. The lowest BCUT2D eigenvalue weighted by Crippen LogP contribution is -2.27. The molecule has 1 aliphatic rings. The van der Waals surface area contributed by atoms with E-state index in [1.54, 1.807) is 23.6 Å². The molecule has 1 N–H and O–H groups in total. The zero-order chi connectivity index (χ0) is 26.2. The van der Waals surface area contributed by atoms with Gasteiger partial charge in [0.2, 0.25) is 0 Å². The monoisotopic (exact) mass is 550 g/mol. The summed E-state index contributed by atoms with van der Waals surface area (Å²) in [5.41, 5.74) is 3.48. The molecule has 2 aromatic heterocycles. The molecule has 0 saturated heterocycles. The molecule has 0 aliphatic heterocycles. The largest absolute Gasteiger partial charge is 0.455 e. The van der Waals surface area contributed by atoms with E-state index in [4.69, 9.17) is 32.6 Å². The van der Waals surface area contributed by atoms with Gasteiger partial charge in [0.25, 0.3) is 5.91 Å². The highest BCUT2D eigenvalue weighted by molar-refractivity contribution is 7.16. The predicted molar refractivity (Wildman–Crippen MR) is 155 cm³/mol. The number of halogens is 2. The Kier molecular flexibility index (Phi) is 7.30. The highest BCUT2D eigenvalue weighted by Gasteiger charge is 2.33. The van der Waals surface area contributed by atoms with Gasteiger partial charge in [-0.25, -0.2) is 4.99 Å². The molecule has 0 saturated carbocycles. The van der Waals surface area contributed by atoms with Crippen LogP contribution in [0.25, 0.3) is 11.3 Å². The standard InChI is InChI=1S/C30H28Cl2N2O2S/c1-30(2,3)18-12-14-22-25(16-18)37-29(26(22)28(35)34-19-8-5-4-6-9-19)33-17-20-13-15-24(36-20)21-10-7-11-23(31)27(21)32/h4-11,13,15,17-18H,12,14,16H2,1-3H3,(H,34,35)/t18-/m1/s1. The predicted octanol–water partition coefficient (Wildman–Crippen LogP) is 9.47. The quantitative estimate of drug-likeness (QED) is 0.251. The van der Waals surface area contributed by atoms with Crippen molar-refractivity contribution in [2.24, 2.45) is 16.3 Å². The fourth-order valence-corrected chi connectivity index (χ4v) is 6.40. The number of aliphatic imine (C=N–C) groups is 1. The van der Waals surface area contributed by atoms with Crippen molar-refractivity contribution in [2.75, 3.05) is 5.32 Å². The number of nitrogens with one attached hydrogen (secondary N) is 1.